The Hall–Kier alpha value is -2.99. The van der Waals surface area contributed by atoms with E-state index in [2.05, 4.69) is 54.5 Å². The molecule has 3 aromatic heterocycles. The fourth-order valence-corrected chi connectivity index (χ4v) is 7.30. The Balaban J connectivity index is 0.946. The second-order valence-electron chi connectivity index (χ2n) is 13.4. The van der Waals surface area contributed by atoms with Gasteiger partial charge in [-0.15, -0.1) is 0 Å². The van der Waals surface area contributed by atoms with Gasteiger partial charge in [-0.05, 0) is 88.9 Å². The first-order valence-corrected chi connectivity index (χ1v) is 17.9. The van der Waals surface area contributed by atoms with E-state index in [1.165, 1.54) is 65.1 Å². The lowest BCUT2D eigenvalue weighted by atomic mass is 9.97. The number of piperazine rings is 1. The van der Waals surface area contributed by atoms with Crippen LogP contribution in [0.15, 0.2) is 30.6 Å². The van der Waals surface area contributed by atoms with Gasteiger partial charge < -0.3 is 35.2 Å². The van der Waals surface area contributed by atoms with Crippen LogP contribution < -0.4 is 20.3 Å². The van der Waals surface area contributed by atoms with Crippen LogP contribution in [-0.2, 0) is 13.0 Å². The molecule has 0 radical (unpaired) electrons. The molecule has 252 valence electrons. The van der Waals surface area contributed by atoms with Crippen molar-refractivity contribution >= 4 is 17.3 Å². The molecular formula is C35H55N9O2. The number of nitrogens with zero attached hydrogens (tertiary/aromatic N) is 7. The van der Waals surface area contributed by atoms with E-state index in [4.69, 9.17) is 9.72 Å². The standard InChI is InChI=1S/C35H55N9O2/c1-2-30-26-39-44-32(23-33(40-35(30)44)43-16-4-3-7-31(43)12-21-45)37-24-29-8-9-34(38-25-29)46-22-6-5-15-41-17-19-42(20-18-41)27-28-10-13-36-14-11-28/h8-9,23,25-26,28,31,36-37,45H,2-7,10-22,24,27H2,1H3. The highest BCUT2D eigenvalue weighted by atomic mass is 16.5. The second kappa shape index (κ2) is 16.7. The van der Waals surface area contributed by atoms with Gasteiger partial charge >= 0.3 is 0 Å². The number of anilines is 2. The Morgan fingerprint density at radius 2 is 1.85 bits per heavy atom. The Bertz CT molecular complexity index is 1330. The molecule has 11 heteroatoms. The van der Waals surface area contributed by atoms with Gasteiger partial charge in [0.2, 0.25) is 5.88 Å². The molecule has 11 nitrogen and oxygen atoms in total. The number of hydrogen-bond donors (Lipinski definition) is 3. The van der Waals surface area contributed by atoms with E-state index in [-0.39, 0.29) is 6.61 Å². The molecule has 0 spiro atoms. The number of rotatable bonds is 15. The van der Waals surface area contributed by atoms with Crippen LogP contribution in [0.2, 0.25) is 0 Å². The summed E-state index contributed by atoms with van der Waals surface area (Å²) in [6.45, 7) is 14.3. The number of aliphatic hydroxyl groups excluding tert-OH is 1. The Labute approximate surface area is 274 Å². The summed E-state index contributed by atoms with van der Waals surface area (Å²) in [7, 11) is 0. The summed E-state index contributed by atoms with van der Waals surface area (Å²) in [5.74, 6) is 3.44. The molecule has 1 atom stereocenters. The number of pyridine rings is 1. The monoisotopic (exact) mass is 633 g/mol. The molecule has 46 heavy (non-hydrogen) atoms. The van der Waals surface area contributed by atoms with Gasteiger partial charge in [-0.3, -0.25) is 0 Å². The van der Waals surface area contributed by atoms with E-state index in [1.54, 1.807) is 0 Å². The van der Waals surface area contributed by atoms with E-state index in [9.17, 15) is 5.11 Å². The molecule has 1 unspecified atom stereocenters. The first kappa shape index (κ1) is 32.9. The van der Waals surface area contributed by atoms with E-state index in [0.717, 1.165) is 85.9 Å². The molecule has 6 heterocycles. The molecule has 3 saturated heterocycles. The third kappa shape index (κ3) is 8.67. The predicted octanol–water partition coefficient (Wildman–Crippen LogP) is 3.82. The lowest BCUT2D eigenvalue weighted by Crippen LogP contribution is -2.48. The number of hydrogen-bond acceptors (Lipinski definition) is 10. The van der Waals surface area contributed by atoms with Crippen LogP contribution in [-0.4, -0.2) is 113 Å². The van der Waals surface area contributed by atoms with Crippen LogP contribution in [0.4, 0.5) is 11.6 Å². The molecule has 3 N–H and O–H groups in total. The van der Waals surface area contributed by atoms with Crippen molar-refractivity contribution in [3.05, 3.63) is 41.7 Å². The normalized spacial score (nSPS) is 20.4. The van der Waals surface area contributed by atoms with E-state index < -0.39 is 0 Å². The SMILES string of the molecule is CCc1cnn2c(NCc3ccc(OCCCCN4CCN(CC5CCNCC5)CC4)nc3)cc(N3CCCCC3CCO)nc12. The minimum absolute atomic E-state index is 0.199. The van der Waals surface area contributed by atoms with Gasteiger partial charge in [0.25, 0.3) is 0 Å². The summed E-state index contributed by atoms with van der Waals surface area (Å²) in [5, 5.41) is 21.4. The predicted molar refractivity (Wildman–Crippen MR) is 184 cm³/mol. The van der Waals surface area contributed by atoms with Gasteiger partial charge in [0.1, 0.15) is 11.6 Å². The van der Waals surface area contributed by atoms with Crippen molar-refractivity contribution < 1.29 is 9.84 Å². The molecule has 3 aliphatic rings. The maximum Gasteiger partial charge on any atom is 0.213 e. The highest BCUT2D eigenvalue weighted by Gasteiger charge is 2.25. The fourth-order valence-electron chi connectivity index (χ4n) is 7.30. The van der Waals surface area contributed by atoms with Crippen LogP contribution >= 0.6 is 0 Å². The molecule has 3 fully saturated rings. The number of nitrogens with one attached hydrogen (secondary N) is 2. The molecule has 0 aliphatic carbocycles. The smallest absolute Gasteiger partial charge is 0.213 e. The molecule has 0 saturated carbocycles. The van der Waals surface area contributed by atoms with Crippen molar-refractivity contribution in [1.82, 2.24) is 34.7 Å². The van der Waals surface area contributed by atoms with Gasteiger partial charge in [0, 0.05) is 82.4 Å². The molecule has 0 amide bonds. The van der Waals surface area contributed by atoms with Crippen LogP contribution in [0.25, 0.3) is 5.65 Å². The minimum atomic E-state index is 0.199. The van der Waals surface area contributed by atoms with Crippen LogP contribution in [0.3, 0.4) is 0 Å². The molecular weight excluding hydrogens is 578 g/mol. The molecule has 3 aromatic rings. The molecule has 0 bridgehead atoms. The summed E-state index contributed by atoms with van der Waals surface area (Å²) in [5.41, 5.74) is 3.11. The average molecular weight is 634 g/mol. The second-order valence-corrected chi connectivity index (χ2v) is 13.4. The van der Waals surface area contributed by atoms with Crippen molar-refractivity contribution in [1.29, 1.82) is 0 Å². The lowest BCUT2D eigenvalue weighted by molar-refractivity contribution is 0.109. The van der Waals surface area contributed by atoms with Crippen LogP contribution in [0.5, 0.6) is 5.88 Å². The number of aliphatic hydroxyl groups is 1. The number of aryl methyl sites for hydroxylation is 1. The molecule has 3 aliphatic heterocycles. The Morgan fingerprint density at radius 1 is 1.00 bits per heavy atom. The largest absolute Gasteiger partial charge is 0.478 e. The molecule has 6 rings (SSSR count). The lowest BCUT2D eigenvalue weighted by Gasteiger charge is -2.37. The summed E-state index contributed by atoms with van der Waals surface area (Å²) < 4.78 is 7.90. The van der Waals surface area contributed by atoms with Crippen LogP contribution in [0.1, 0.15) is 69.4 Å². The summed E-state index contributed by atoms with van der Waals surface area (Å²) in [6.07, 6.45) is 13.8. The maximum atomic E-state index is 9.66. The van der Waals surface area contributed by atoms with Crippen LogP contribution in [0, 0.1) is 5.92 Å². The number of ether oxygens (including phenoxy) is 1. The maximum absolute atomic E-state index is 9.66. The van der Waals surface area contributed by atoms with Gasteiger partial charge in [0.05, 0.1) is 12.8 Å². The third-order valence-electron chi connectivity index (χ3n) is 10.1. The van der Waals surface area contributed by atoms with Crippen molar-refractivity contribution in [2.24, 2.45) is 5.92 Å². The number of aromatic nitrogens is 4. The Morgan fingerprint density at radius 3 is 2.63 bits per heavy atom. The number of unbranched alkanes of at least 4 members (excludes halogenated alkanes) is 1. The molecule has 0 aromatic carbocycles. The van der Waals surface area contributed by atoms with E-state index >= 15 is 0 Å². The van der Waals surface area contributed by atoms with Gasteiger partial charge in [-0.2, -0.15) is 9.61 Å². The third-order valence-corrected chi connectivity index (χ3v) is 10.1. The summed E-state index contributed by atoms with van der Waals surface area (Å²) in [4.78, 5) is 17.3. The van der Waals surface area contributed by atoms with Gasteiger partial charge in [-0.25, -0.2) is 9.97 Å². The first-order valence-electron chi connectivity index (χ1n) is 17.9. The quantitative estimate of drug-likeness (QED) is 0.214. The van der Waals surface area contributed by atoms with Crippen molar-refractivity contribution in [3.63, 3.8) is 0 Å². The fraction of sp³-hybridized carbons (Fsp3) is 0.686. The topological polar surface area (TPSA) is 106 Å². The Kier molecular flexibility index (Phi) is 12.0. The van der Waals surface area contributed by atoms with E-state index in [1.807, 2.05) is 23.0 Å². The van der Waals surface area contributed by atoms with Gasteiger partial charge in [-0.1, -0.05) is 13.0 Å². The summed E-state index contributed by atoms with van der Waals surface area (Å²) >= 11 is 0. The van der Waals surface area contributed by atoms with Crippen molar-refractivity contribution in [2.75, 3.05) is 82.3 Å². The zero-order chi connectivity index (χ0) is 31.6. The highest BCUT2D eigenvalue weighted by Crippen LogP contribution is 2.29. The zero-order valence-corrected chi connectivity index (χ0v) is 27.9. The number of fused-ring (bicyclic) bond motifs is 1. The first-order chi connectivity index (χ1) is 22.7. The zero-order valence-electron chi connectivity index (χ0n) is 27.9. The minimum Gasteiger partial charge on any atom is -0.478 e. The summed E-state index contributed by atoms with van der Waals surface area (Å²) in [6, 6.07) is 6.48. The average Bonchev–Trinajstić information content (AvgIpc) is 3.52. The van der Waals surface area contributed by atoms with Gasteiger partial charge in [0.15, 0.2) is 5.65 Å². The van der Waals surface area contributed by atoms with Crippen molar-refractivity contribution in [2.45, 2.75) is 77.3 Å². The number of piperidine rings is 2. The highest BCUT2D eigenvalue weighted by molar-refractivity contribution is 5.61. The van der Waals surface area contributed by atoms with Crippen molar-refractivity contribution in [3.8, 4) is 5.88 Å². The van der Waals surface area contributed by atoms with E-state index in [0.29, 0.717) is 25.1 Å².